The van der Waals surface area contributed by atoms with Gasteiger partial charge in [-0.15, -0.1) is 0 Å². The Balaban J connectivity index is 0. The van der Waals surface area contributed by atoms with Crippen LogP contribution < -0.4 is 0 Å². The summed E-state index contributed by atoms with van der Waals surface area (Å²) in [5.41, 5.74) is 0. The minimum Gasteiger partial charge on any atom is -1.00 e. The van der Waals surface area contributed by atoms with Crippen LogP contribution >= 0.6 is 0 Å². The maximum atomic E-state index is 0. The van der Waals surface area contributed by atoms with Crippen molar-refractivity contribution in [2.24, 2.45) is 0 Å². The van der Waals surface area contributed by atoms with E-state index >= 15 is 0 Å². The molecule has 2 N–H and O–H groups in total. The molecule has 0 aliphatic rings. The maximum absolute atomic E-state index is 0. The molecule has 0 aliphatic heterocycles. The van der Waals surface area contributed by atoms with Crippen molar-refractivity contribution in [1.82, 2.24) is 0 Å². The van der Waals surface area contributed by atoms with Gasteiger partial charge in [0.1, 0.15) is 0 Å². The topological polar surface area (TPSA) is 60.0 Å². The Labute approximate surface area is 53.6 Å². The van der Waals surface area contributed by atoms with Crippen LogP contribution in [-0.2, 0) is 16.5 Å². The molecular formula is H4MgNiO2. The average Bonchev–Trinajstić information content (AvgIpc) is 0. The van der Waals surface area contributed by atoms with Crippen LogP contribution in [0.3, 0.4) is 0 Å². The third-order valence-electron chi connectivity index (χ3n) is 0. The third-order valence-corrected chi connectivity index (χ3v) is 0. The molecule has 0 radical (unpaired) electrons. The summed E-state index contributed by atoms with van der Waals surface area (Å²) in [6.45, 7) is 0. The molecule has 0 aromatic rings. The second kappa shape index (κ2) is 30.4. The average molecular weight is 119 g/mol. The van der Waals surface area contributed by atoms with Crippen LogP contribution in [0, 0.1) is 0 Å². The number of hydrogen-bond acceptors (Lipinski definition) is 2. The Morgan fingerprint density at radius 1 is 1.00 bits per heavy atom. The Hall–Kier alpha value is 1.18. The third kappa shape index (κ3) is 10.9. The summed E-state index contributed by atoms with van der Waals surface area (Å²) in [6.07, 6.45) is 0. The molecule has 0 aromatic carbocycles. The maximum Gasteiger partial charge on any atom is 2.00 e. The van der Waals surface area contributed by atoms with E-state index in [1.165, 1.54) is 0 Å². The molecule has 0 aliphatic carbocycles. The van der Waals surface area contributed by atoms with Gasteiger partial charge < -0.3 is 13.8 Å². The first kappa shape index (κ1) is 65.0. The Morgan fingerprint density at radius 2 is 1.00 bits per heavy atom. The van der Waals surface area contributed by atoms with Crippen molar-refractivity contribution in [3.63, 3.8) is 0 Å². The summed E-state index contributed by atoms with van der Waals surface area (Å²) < 4.78 is 0. The first-order valence-electron chi connectivity index (χ1n) is 0. The zero-order valence-electron chi connectivity index (χ0n) is 3.92. The van der Waals surface area contributed by atoms with Crippen molar-refractivity contribution in [2.75, 3.05) is 0 Å². The van der Waals surface area contributed by atoms with E-state index in [4.69, 9.17) is 0 Å². The van der Waals surface area contributed by atoms with E-state index in [9.17, 15) is 0 Å². The largest absolute Gasteiger partial charge is 2.00 e. The molecular weight excluding hydrogens is 115 g/mol. The van der Waals surface area contributed by atoms with E-state index in [0.29, 0.717) is 0 Å². The molecule has 0 amide bonds. The fourth-order valence-electron chi connectivity index (χ4n) is 0. The van der Waals surface area contributed by atoms with Crippen molar-refractivity contribution in [1.29, 1.82) is 0 Å². The van der Waals surface area contributed by atoms with Crippen LogP contribution in [0.4, 0.5) is 0 Å². The number of rotatable bonds is 0. The summed E-state index contributed by atoms with van der Waals surface area (Å²) >= 11 is 0. The fourth-order valence-corrected chi connectivity index (χ4v) is 0. The molecule has 28 valence electrons. The van der Waals surface area contributed by atoms with Gasteiger partial charge in [-0.25, -0.2) is 0 Å². The van der Waals surface area contributed by atoms with E-state index in [0.717, 1.165) is 0 Å². The quantitative estimate of drug-likeness (QED) is 0.403. The second-order valence-electron chi connectivity index (χ2n) is 0. The van der Waals surface area contributed by atoms with Gasteiger partial charge in [0.15, 0.2) is 0 Å². The predicted octanol–water partition coefficient (Wildman–Crippen LogP) is -0.512. The van der Waals surface area contributed by atoms with E-state index in [2.05, 4.69) is 0 Å². The van der Waals surface area contributed by atoms with Crippen molar-refractivity contribution in [2.45, 2.75) is 0 Å². The van der Waals surface area contributed by atoms with Crippen LogP contribution in [-0.4, -0.2) is 34.0 Å². The minimum atomic E-state index is 0. The number of hydrogen-bond donors (Lipinski definition) is 0. The van der Waals surface area contributed by atoms with E-state index in [1.54, 1.807) is 0 Å². The SMILES string of the molecule is [H-].[H-].[Mg+2].[Ni+2].[OH-].[OH-]. The van der Waals surface area contributed by atoms with E-state index < -0.39 is 0 Å². The van der Waals surface area contributed by atoms with Gasteiger partial charge in [0.25, 0.3) is 0 Å². The van der Waals surface area contributed by atoms with Crippen molar-refractivity contribution in [3.05, 3.63) is 0 Å². The molecule has 0 heterocycles. The van der Waals surface area contributed by atoms with E-state index in [-0.39, 0.29) is 53.3 Å². The minimum absolute atomic E-state index is 0. The Kier molecular flexibility index (Phi) is 494. The van der Waals surface area contributed by atoms with Gasteiger partial charge in [0.05, 0.1) is 0 Å². The van der Waals surface area contributed by atoms with Gasteiger partial charge in [-0.2, -0.15) is 0 Å². The molecule has 0 fully saturated rings. The first-order valence-corrected chi connectivity index (χ1v) is 0. The monoisotopic (exact) mass is 118 g/mol. The predicted molar refractivity (Wildman–Crippen MR) is 11.8 cm³/mol. The molecule has 4 heteroatoms. The van der Waals surface area contributed by atoms with Gasteiger partial charge in [-0.1, -0.05) is 0 Å². The van der Waals surface area contributed by atoms with Crippen molar-refractivity contribution in [3.8, 4) is 0 Å². The van der Waals surface area contributed by atoms with Crippen LogP contribution in [0.25, 0.3) is 0 Å². The zero-order chi connectivity index (χ0) is 0. The molecule has 2 nitrogen and oxygen atoms in total. The van der Waals surface area contributed by atoms with Crippen molar-refractivity contribution >= 4 is 23.1 Å². The molecule has 0 unspecified atom stereocenters. The molecule has 0 rings (SSSR count). The summed E-state index contributed by atoms with van der Waals surface area (Å²) in [5, 5.41) is 0. The first-order chi connectivity index (χ1) is 0. The van der Waals surface area contributed by atoms with E-state index in [1.807, 2.05) is 0 Å². The second-order valence-corrected chi connectivity index (χ2v) is 0. The Morgan fingerprint density at radius 3 is 1.00 bits per heavy atom. The van der Waals surface area contributed by atoms with Gasteiger partial charge >= 0.3 is 39.5 Å². The van der Waals surface area contributed by atoms with Crippen LogP contribution in [0.15, 0.2) is 0 Å². The fraction of sp³-hybridized carbons (Fsp3) is 0. The van der Waals surface area contributed by atoms with Crippen LogP contribution in [0.2, 0.25) is 0 Å². The molecule has 0 atom stereocenters. The molecule has 0 aromatic heterocycles. The Bertz CT molecular complexity index is 11.5. The van der Waals surface area contributed by atoms with Gasteiger partial charge in [0.2, 0.25) is 0 Å². The summed E-state index contributed by atoms with van der Waals surface area (Å²) in [5.74, 6) is 0. The van der Waals surface area contributed by atoms with Crippen LogP contribution in [0.1, 0.15) is 2.85 Å². The van der Waals surface area contributed by atoms with Gasteiger partial charge in [-0.05, 0) is 0 Å². The molecule has 4 heavy (non-hydrogen) atoms. The zero-order valence-corrected chi connectivity index (χ0v) is 4.32. The molecule has 0 saturated carbocycles. The van der Waals surface area contributed by atoms with Crippen molar-refractivity contribution < 1.29 is 30.3 Å². The van der Waals surface area contributed by atoms with Gasteiger partial charge in [0, 0.05) is 0 Å². The normalized spacial score (nSPS) is 0. The summed E-state index contributed by atoms with van der Waals surface area (Å²) in [4.78, 5) is 0. The summed E-state index contributed by atoms with van der Waals surface area (Å²) in [7, 11) is 0. The standard InChI is InChI=1S/Mg.Ni.2H2O.2H/h;;2*1H2;;/q2*+2;;;2*-1/p-2. The molecule has 0 saturated heterocycles. The molecule has 0 spiro atoms. The summed E-state index contributed by atoms with van der Waals surface area (Å²) in [6, 6.07) is 0. The van der Waals surface area contributed by atoms with Crippen LogP contribution in [0.5, 0.6) is 0 Å². The smallest absolute Gasteiger partial charge is 1.00 e. The van der Waals surface area contributed by atoms with Gasteiger partial charge in [-0.3, -0.25) is 0 Å². The molecule has 0 bridgehead atoms.